The fourth-order valence-electron chi connectivity index (χ4n) is 10.4. The number of nitrogens with zero attached hydrogens (tertiary/aromatic N) is 6. The third kappa shape index (κ3) is 12.6. The van der Waals surface area contributed by atoms with Crippen molar-refractivity contribution in [3.8, 4) is 124 Å². The Bertz CT molecular complexity index is 4240. The van der Waals surface area contributed by atoms with E-state index >= 15 is 0 Å². The molecular weight excluding hydrogens is 1010 g/mol. The first-order valence-corrected chi connectivity index (χ1v) is 28.1. The van der Waals surface area contributed by atoms with Crippen LogP contribution in [0.25, 0.3) is 124 Å². The lowest BCUT2D eigenvalue weighted by atomic mass is 9.97. The largest absolute Gasteiger partial charge is 0.208 e. The van der Waals surface area contributed by atoms with Crippen LogP contribution in [0, 0.1) is 34.6 Å². The summed E-state index contributed by atoms with van der Waals surface area (Å²) in [5, 5.41) is 0. The van der Waals surface area contributed by atoms with Gasteiger partial charge in [-0.3, -0.25) is 0 Å². The summed E-state index contributed by atoms with van der Waals surface area (Å²) in [6, 6.07) is 95.3. The fraction of sp³-hybridized carbons (Fsp3) is 0.0649. The van der Waals surface area contributed by atoms with Gasteiger partial charge in [0.05, 0.1) is 0 Å². The average molecular weight is 1070 g/mol. The molecule has 0 amide bonds. The summed E-state index contributed by atoms with van der Waals surface area (Å²) >= 11 is 0. The van der Waals surface area contributed by atoms with Gasteiger partial charge in [0.25, 0.3) is 0 Å². The highest BCUT2D eigenvalue weighted by atomic mass is 15.0. The molecule has 0 saturated heterocycles. The van der Waals surface area contributed by atoms with Crippen LogP contribution in [0.2, 0.25) is 0 Å². The molecular formula is C77H60N6. The van der Waals surface area contributed by atoms with E-state index in [0.29, 0.717) is 34.9 Å². The van der Waals surface area contributed by atoms with Crippen LogP contribution >= 0.6 is 0 Å². The minimum Gasteiger partial charge on any atom is -0.208 e. The molecule has 83 heavy (non-hydrogen) atoms. The first kappa shape index (κ1) is 53.1. The maximum absolute atomic E-state index is 5.10. The molecule has 0 aliphatic heterocycles. The SMILES string of the molecule is Cc1cccc(-c2ccc(-c3nc(-c4cccc(C)c4)nc(-c4cccc(C)c4)n3)cc2)c1.Cc1cccc(-c2cccc(-c3cccc(-c4nc(-c5ccccc5)nc(-c5cccc(-c6cccc(-c7cccc(C)c7)c6)c5)n4)c3)c2)c1. The Morgan fingerprint density at radius 2 is 0.325 bits per heavy atom. The van der Waals surface area contributed by atoms with Crippen LogP contribution < -0.4 is 0 Å². The summed E-state index contributed by atoms with van der Waals surface area (Å²) in [6.07, 6.45) is 0. The molecule has 2 heterocycles. The Labute approximate surface area is 486 Å². The molecule has 398 valence electrons. The van der Waals surface area contributed by atoms with Crippen molar-refractivity contribution in [2.24, 2.45) is 0 Å². The summed E-state index contributed by atoms with van der Waals surface area (Å²) in [4.78, 5) is 29.7. The number of benzene rings is 11. The van der Waals surface area contributed by atoms with Gasteiger partial charge in [-0.2, -0.15) is 0 Å². The maximum atomic E-state index is 5.10. The highest BCUT2D eigenvalue weighted by Crippen LogP contribution is 2.34. The normalized spacial score (nSPS) is 11.0. The molecule has 13 aromatic rings. The zero-order valence-corrected chi connectivity index (χ0v) is 47.2. The highest BCUT2D eigenvalue weighted by Gasteiger charge is 2.16. The topological polar surface area (TPSA) is 77.3 Å². The van der Waals surface area contributed by atoms with Crippen LogP contribution in [0.4, 0.5) is 0 Å². The van der Waals surface area contributed by atoms with Gasteiger partial charge in [0.15, 0.2) is 34.9 Å². The van der Waals surface area contributed by atoms with Gasteiger partial charge in [0.1, 0.15) is 0 Å². The molecule has 0 aliphatic carbocycles. The van der Waals surface area contributed by atoms with Gasteiger partial charge in [-0.15, -0.1) is 0 Å². The Morgan fingerprint density at radius 1 is 0.145 bits per heavy atom. The third-order valence-electron chi connectivity index (χ3n) is 14.7. The summed E-state index contributed by atoms with van der Waals surface area (Å²) < 4.78 is 0. The van der Waals surface area contributed by atoms with Crippen molar-refractivity contribution in [3.63, 3.8) is 0 Å². The molecule has 0 bridgehead atoms. The van der Waals surface area contributed by atoms with Gasteiger partial charge >= 0.3 is 0 Å². The van der Waals surface area contributed by atoms with E-state index in [1.165, 1.54) is 61.2 Å². The fourth-order valence-corrected chi connectivity index (χ4v) is 10.4. The Hall–Kier alpha value is -10.6. The van der Waals surface area contributed by atoms with Crippen molar-refractivity contribution in [1.82, 2.24) is 29.9 Å². The lowest BCUT2D eigenvalue weighted by Gasteiger charge is -2.11. The number of hydrogen-bond donors (Lipinski definition) is 0. The summed E-state index contributed by atoms with van der Waals surface area (Å²) in [6.45, 7) is 10.5. The van der Waals surface area contributed by atoms with Crippen LogP contribution in [0.3, 0.4) is 0 Å². The lowest BCUT2D eigenvalue weighted by Crippen LogP contribution is -2.00. The van der Waals surface area contributed by atoms with Gasteiger partial charge in [-0.25, -0.2) is 29.9 Å². The van der Waals surface area contributed by atoms with Crippen LogP contribution in [-0.2, 0) is 0 Å². The highest BCUT2D eigenvalue weighted by molar-refractivity contribution is 5.79. The van der Waals surface area contributed by atoms with E-state index in [1.807, 2.05) is 54.6 Å². The second-order valence-corrected chi connectivity index (χ2v) is 21.2. The van der Waals surface area contributed by atoms with E-state index in [9.17, 15) is 0 Å². The van der Waals surface area contributed by atoms with E-state index < -0.39 is 0 Å². The smallest absolute Gasteiger partial charge is 0.164 e. The van der Waals surface area contributed by atoms with E-state index in [1.54, 1.807) is 0 Å². The van der Waals surface area contributed by atoms with Crippen molar-refractivity contribution in [1.29, 1.82) is 0 Å². The van der Waals surface area contributed by atoms with Crippen molar-refractivity contribution in [2.45, 2.75) is 34.6 Å². The second kappa shape index (κ2) is 24.0. The summed E-state index contributed by atoms with van der Waals surface area (Å²) in [7, 11) is 0. The molecule has 11 aromatic carbocycles. The molecule has 6 nitrogen and oxygen atoms in total. The van der Waals surface area contributed by atoms with E-state index in [4.69, 9.17) is 29.9 Å². The second-order valence-electron chi connectivity index (χ2n) is 21.2. The number of aromatic nitrogens is 6. The minimum atomic E-state index is 0.636. The maximum Gasteiger partial charge on any atom is 0.164 e. The molecule has 0 atom stereocenters. The molecule has 0 radical (unpaired) electrons. The van der Waals surface area contributed by atoms with Crippen LogP contribution in [0.15, 0.2) is 273 Å². The molecule has 0 spiro atoms. The Morgan fingerprint density at radius 3 is 0.627 bits per heavy atom. The van der Waals surface area contributed by atoms with Gasteiger partial charge in [0.2, 0.25) is 0 Å². The molecule has 2 aromatic heterocycles. The zero-order valence-electron chi connectivity index (χ0n) is 47.2. The quantitative estimate of drug-likeness (QED) is 0.128. The van der Waals surface area contributed by atoms with E-state index in [-0.39, 0.29) is 0 Å². The number of rotatable bonds is 11. The van der Waals surface area contributed by atoms with E-state index in [0.717, 1.165) is 55.6 Å². The predicted octanol–water partition coefficient (Wildman–Crippen LogP) is 19.6. The standard InChI is InChI=1S/C47H35N3.C30H25N3/c1-32-12-6-16-35(26-32)37-18-8-20-39(28-37)41-22-10-24-43(30-41)46-48-45(34-14-4-3-5-15-34)49-47(50-46)44-25-11-23-42(31-44)40-21-9-19-38(29-40)36-17-7-13-33(2)27-36;1-20-7-4-10-25(17-20)23-13-15-24(16-14-23)28-31-29(26-11-5-8-21(2)18-26)33-30(32-28)27-12-6-9-22(3)19-27/h3-31H,1-2H3;4-19H,1-3H3. The van der Waals surface area contributed by atoms with Gasteiger partial charge in [0, 0.05) is 33.4 Å². The molecule has 0 fully saturated rings. The van der Waals surface area contributed by atoms with Crippen molar-refractivity contribution in [2.75, 3.05) is 0 Å². The first-order valence-electron chi connectivity index (χ1n) is 28.1. The molecule has 0 aliphatic rings. The zero-order chi connectivity index (χ0) is 56.7. The monoisotopic (exact) mass is 1070 g/mol. The van der Waals surface area contributed by atoms with Crippen molar-refractivity contribution < 1.29 is 0 Å². The van der Waals surface area contributed by atoms with Gasteiger partial charge < -0.3 is 0 Å². The minimum absolute atomic E-state index is 0.636. The number of hydrogen-bond acceptors (Lipinski definition) is 6. The summed E-state index contributed by atoms with van der Waals surface area (Å²) in [5.41, 5.74) is 23.5. The Balaban J connectivity index is 0.000000178. The van der Waals surface area contributed by atoms with Crippen molar-refractivity contribution in [3.05, 3.63) is 301 Å². The van der Waals surface area contributed by atoms with E-state index in [2.05, 4.69) is 253 Å². The average Bonchev–Trinajstić information content (AvgIpc) is 3.73. The molecule has 0 unspecified atom stereocenters. The van der Waals surface area contributed by atoms with Crippen molar-refractivity contribution >= 4 is 0 Å². The molecule has 13 rings (SSSR count). The lowest BCUT2D eigenvalue weighted by molar-refractivity contribution is 1.07. The van der Waals surface area contributed by atoms with Crippen LogP contribution in [0.5, 0.6) is 0 Å². The van der Waals surface area contributed by atoms with Gasteiger partial charge in [-0.05, 0) is 127 Å². The van der Waals surface area contributed by atoms with Crippen LogP contribution in [-0.4, -0.2) is 29.9 Å². The molecule has 0 saturated carbocycles. The van der Waals surface area contributed by atoms with Gasteiger partial charge in [-0.1, -0.05) is 264 Å². The molecule has 0 N–H and O–H groups in total. The predicted molar refractivity (Wildman–Crippen MR) is 343 cm³/mol. The summed E-state index contributed by atoms with van der Waals surface area (Å²) in [5.74, 6) is 3.96. The third-order valence-corrected chi connectivity index (χ3v) is 14.7. The molecule has 6 heteroatoms. The van der Waals surface area contributed by atoms with Crippen LogP contribution in [0.1, 0.15) is 27.8 Å². The number of aryl methyl sites for hydroxylation is 5. The first-order chi connectivity index (χ1) is 40.6. The Kier molecular flexibility index (Phi) is 15.4.